The van der Waals surface area contributed by atoms with E-state index in [0.29, 0.717) is 11.3 Å². The molecule has 0 aliphatic heterocycles. The largest absolute Gasteiger partial charge is 0.487 e. The van der Waals surface area contributed by atoms with Gasteiger partial charge in [-0.2, -0.15) is 0 Å². The first kappa shape index (κ1) is 17.3. The molecule has 0 atom stereocenters. The Labute approximate surface area is 135 Å². The lowest BCUT2D eigenvalue weighted by molar-refractivity contribution is -0.116. The maximum absolute atomic E-state index is 12.2. The number of anilines is 1. The summed E-state index contributed by atoms with van der Waals surface area (Å²) in [6, 6.07) is 4.64. The maximum Gasteiger partial charge on any atom is 0.358 e. The second-order valence-electron chi connectivity index (χ2n) is 4.84. The summed E-state index contributed by atoms with van der Waals surface area (Å²) in [6.45, 7) is 0.700. The van der Waals surface area contributed by atoms with Crippen LogP contribution in [0.5, 0.6) is 5.75 Å². The van der Waals surface area contributed by atoms with Crippen LogP contribution in [0.15, 0.2) is 24.4 Å². The number of aryl methyl sites for hydroxylation is 1. The SMILES string of the molecule is Cc1ccc(NC(=O)Cn2cc(C(=O)O)nn2)cc1OCC(F)F. The fraction of sp³-hybridized carbons (Fsp3) is 0.286. The van der Waals surface area contributed by atoms with Gasteiger partial charge in [-0.05, 0) is 18.6 Å². The van der Waals surface area contributed by atoms with Gasteiger partial charge < -0.3 is 15.2 Å². The minimum absolute atomic E-state index is 0.238. The Balaban J connectivity index is 2.00. The number of aromatic nitrogens is 3. The number of ether oxygens (including phenoxy) is 1. The van der Waals surface area contributed by atoms with Crippen molar-refractivity contribution in [2.24, 2.45) is 0 Å². The van der Waals surface area contributed by atoms with E-state index in [0.717, 1.165) is 10.9 Å². The van der Waals surface area contributed by atoms with Crippen molar-refractivity contribution < 1.29 is 28.2 Å². The Bertz CT molecular complexity index is 748. The number of amides is 1. The molecule has 0 saturated heterocycles. The van der Waals surface area contributed by atoms with Crippen LogP contribution in [0.25, 0.3) is 0 Å². The van der Waals surface area contributed by atoms with E-state index in [-0.39, 0.29) is 18.0 Å². The van der Waals surface area contributed by atoms with Gasteiger partial charge in [-0.25, -0.2) is 18.3 Å². The Morgan fingerprint density at radius 2 is 2.17 bits per heavy atom. The van der Waals surface area contributed by atoms with Crippen molar-refractivity contribution in [1.29, 1.82) is 0 Å². The van der Waals surface area contributed by atoms with Crippen LogP contribution in [-0.2, 0) is 11.3 Å². The van der Waals surface area contributed by atoms with Gasteiger partial charge in [0.05, 0.1) is 6.20 Å². The molecule has 0 radical (unpaired) electrons. The van der Waals surface area contributed by atoms with Crippen LogP contribution in [0.1, 0.15) is 16.1 Å². The zero-order chi connectivity index (χ0) is 17.7. The van der Waals surface area contributed by atoms with Crippen molar-refractivity contribution in [3.8, 4) is 5.75 Å². The van der Waals surface area contributed by atoms with Gasteiger partial charge in [-0.15, -0.1) is 5.10 Å². The summed E-state index contributed by atoms with van der Waals surface area (Å²) < 4.78 is 30.5. The lowest BCUT2D eigenvalue weighted by Gasteiger charge is -2.11. The third-order valence-corrected chi connectivity index (χ3v) is 2.90. The molecule has 0 fully saturated rings. The number of hydrogen-bond acceptors (Lipinski definition) is 5. The summed E-state index contributed by atoms with van der Waals surface area (Å²) in [5.41, 5.74) is 0.727. The van der Waals surface area contributed by atoms with Gasteiger partial charge in [0.25, 0.3) is 6.43 Å². The van der Waals surface area contributed by atoms with Crippen LogP contribution in [0.3, 0.4) is 0 Å². The lowest BCUT2D eigenvalue weighted by atomic mass is 10.2. The van der Waals surface area contributed by atoms with Crippen LogP contribution >= 0.6 is 0 Å². The Kier molecular flexibility index (Phi) is 5.40. The van der Waals surface area contributed by atoms with Crippen molar-refractivity contribution in [3.05, 3.63) is 35.7 Å². The molecule has 0 saturated carbocycles. The number of carbonyl (C=O) groups excluding carboxylic acids is 1. The Morgan fingerprint density at radius 1 is 1.42 bits per heavy atom. The average molecular weight is 340 g/mol. The molecule has 0 spiro atoms. The van der Waals surface area contributed by atoms with Crippen LogP contribution in [0, 0.1) is 6.92 Å². The summed E-state index contributed by atoms with van der Waals surface area (Å²) in [6.07, 6.45) is -1.48. The highest BCUT2D eigenvalue weighted by atomic mass is 19.3. The highest BCUT2D eigenvalue weighted by Crippen LogP contribution is 2.23. The fourth-order valence-corrected chi connectivity index (χ4v) is 1.81. The van der Waals surface area contributed by atoms with Gasteiger partial charge in [-0.1, -0.05) is 11.3 Å². The molecule has 1 heterocycles. The van der Waals surface area contributed by atoms with E-state index in [2.05, 4.69) is 15.6 Å². The molecular formula is C14H14F2N4O4. The van der Waals surface area contributed by atoms with Gasteiger partial charge >= 0.3 is 5.97 Å². The molecule has 24 heavy (non-hydrogen) atoms. The minimum atomic E-state index is -2.60. The Morgan fingerprint density at radius 3 is 2.79 bits per heavy atom. The second-order valence-corrected chi connectivity index (χ2v) is 4.84. The summed E-state index contributed by atoms with van der Waals surface area (Å²) in [5.74, 6) is -1.50. The van der Waals surface area contributed by atoms with E-state index in [4.69, 9.17) is 9.84 Å². The fourth-order valence-electron chi connectivity index (χ4n) is 1.81. The third kappa shape index (κ3) is 4.73. The molecule has 2 N–H and O–H groups in total. The number of hydrogen-bond donors (Lipinski definition) is 2. The number of nitrogens with zero attached hydrogens (tertiary/aromatic N) is 3. The molecule has 0 aliphatic carbocycles. The number of carbonyl (C=O) groups is 2. The monoisotopic (exact) mass is 340 g/mol. The van der Waals surface area contributed by atoms with E-state index in [1.54, 1.807) is 19.1 Å². The van der Waals surface area contributed by atoms with Gasteiger partial charge in [0.2, 0.25) is 5.91 Å². The van der Waals surface area contributed by atoms with Crippen molar-refractivity contribution in [2.75, 3.05) is 11.9 Å². The number of aromatic carboxylic acids is 1. The lowest BCUT2D eigenvalue weighted by Crippen LogP contribution is -2.19. The minimum Gasteiger partial charge on any atom is -0.487 e. The van der Waals surface area contributed by atoms with Crippen molar-refractivity contribution in [2.45, 2.75) is 19.9 Å². The van der Waals surface area contributed by atoms with Gasteiger partial charge in [0.15, 0.2) is 5.69 Å². The summed E-state index contributed by atoms with van der Waals surface area (Å²) in [5, 5.41) is 18.2. The molecule has 1 aromatic heterocycles. The number of halogens is 2. The first-order chi connectivity index (χ1) is 11.3. The number of carboxylic acids is 1. The number of carboxylic acid groups (broad SMARTS) is 1. The third-order valence-electron chi connectivity index (χ3n) is 2.90. The summed E-state index contributed by atoms with van der Waals surface area (Å²) in [4.78, 5) is 22.6. The van der Waals surface area contributed by atoms with E-state index < -0.39 is 24.9 Å². The molecule has 0 bridgehead atoms. The highest BCUT2D eigenvalue weighted by Gasteiger charge is 2.12. The van der Waals surface area contributed by atoms with E-state index >= 15 is 0 Å². The smallest absolute Gasteiger partial charge is 0.358 e. The van der Waals surface area contributed by atoms with E-state index in [9.17, 15) is 18.4 Å². The second kappa shape index (κ2) is 7.49. The molecule has 0 aliphatic rings. The standard InChI is InChI=1S/C14H14F2N4O4/c1-8-2-3-9(4-11(8)24-7-12(15)16)17-13(21)6-20-5-10(14(22)23)18-19-20/h2-5,12H,6-7H2,1H3,(H,17,21)(H,22,23). The van der Waals surface area contributed by atoms with Crippen LogP contribution in [-0.4, -0.2) is 45.0 Å². The topological polar surface area (TPSA) is 106 Å². The first-order valence-corrected chi connectivity index (χ1v) is 6.80. The van der Waals surface area contributed by atoms with Gasteiger partial charge in [0.1, 0.15) is 18.9 Å². The van der Waals surface area contributed by atoms with Crippen LogP contribution in [0.2, 0.25) is 0 Å². The zero-order valence-electron chi connectivity index (χ0n) is 12.6. The highest BCUT2D eigenvalue weighted by molar-refractivity contribution is 5.91. The van der Waals surface area contributed by atoms with Crippen molar-refractivity contribution in [1.82, 2.24) is 15.0 Å². The number of rotatable bonds is 7. The van der Waals surface area contributed by atoms with Gasteiger partial charge in [-0.3, -0.25) is 4.79 Å². The van der Waals surface area contributed by atoms with E-state index in [1.165, 1.54) is 6.07 Å². The average Bonchev–Trinajstić information content (AvgIpc) is 2.96. The molecule has 2 rings (SSSR count). The molecule has 2 aromatic rings. The summed E-state index contributed by atoms with van der Waals surface area (Å²) in [7, 11) is 0. The molecule has 8 nitrogen and oxygen atoms in total. The molecule has 128 valence electrons. The maximum atomic E-state index is 12.2. The van der Waals surface area contributed by atoms with Gasteiger partial charge in [0, 0.05) is 11.8 Å². The molecule has 0 unspecified atom stereocenters. The van der Waals surface area contributed by atoms with Crippen LogP contribution in [0.4, 0.5) is 14.5 Å². The molecule has 10 heteroatoms. The van der Waals surface area contributed by atoms with Crippen molar-refractivity contribution in [3.63, 3.8) is 0 Å². The van der Waals surface area contributed by atoms with E-state index in [1.807, 2.05) is 0 Å². The van der Waals surface area contributed by atoms with Crippen molar-refractivity contribution >= 4 is 17.6 Å². The molecular weight excluding hydrogens is 326 g/mol. The molecule has 1 amide bonds. The number of nitrogens with one attached hydrogen (secondary N) is 1. The number of benzene rings is 1. The predicted molar refractivity (Wildman–Crippen MR) is 78.3 cm³/mol. The molecule has 1 aromatic carbocycles. The number of alkyl halides is 2. The van der Waals surface area contributed by atoms with Crippen LogP contribution < -0.4 is 10.1 Å². The summed E-state index contributed by atoms with van der Waals surface area (Å²) >= 11 is 0. The normalized spacial score (nSPS) is 10.7. The predicted octanol–water partition coefficient (Wildman–Crippen LogP) is 1.57. The first-order valence-electron chi connectivity index (χ1n) is 6.80. The Hall–Kier alpha value is -3.04. The quantitative estimate of drug-likeness (QED) is 0.792. The zero-order valence-corrected chi connectivity index (χ0v) is 12.6.